The maximum absolute atomic E-state index is 11.7. The van der Waals surface area contributed by atoms with Gasteiger partial charge in [0.15, 0.2) is 0 Å². The molecule has 0 N–H and O–H groups in total. The van der Waals surface area contributed by atoms with Crippen molar-refractivity contribution in [3.8, 4) is 0 Å². The number of carbonyl (C=O) groups is 1. The molecule has 0 radical (unpaired) electrons. The van der Waals surface area contributed by atoms with Gasteiger partial charge >= 0.3 is 0 Å². The molecule has 1 atom stereocenters. The number of hydrogen-bond acceptors (Lipinski definition) is 3. The number of rotatable bonds is 3. The Morgan fingerprint density at radius 2 is 2.40 bits per heavy atom. The predicted octanol–water partition coefficient (Wildman–Crippen LogP) is 0.664. The van der Waals surface area contributed by atoms with Crippen molar-refractivity contribution in [2.24, 2.45) is 0 Å². The van der Waals surface area contributed by atoms with Gasteiger partial charge in [-0.1, -0.05) is 15.9 Å². The molecule has 1 aromatic rings. The number of likely N-dealkylation sites (tertiary alicyclic amines) is 1. The highest BCUT2D eigenvalue weighted by atomic mass is 79.9. The number of aromatic nitrogens is 3. The van der Waals surface area contributed by atoms with E-state index in [4.69, 9.17) is 0 Å². The van der Waals surface area contributed by atoms with Gasteiger partial charge in [-0.25, -0.2) is 4.98 Å². The Kier molecular flexibility index (Phi) is 3.35. The van der Waals surface area contributed by atoms with Crippen LogP contribution < -0.4 is 0 Å². The molecule has 1 amide bonds. The number of hydrogen-bond donors (Lipinski definition) is 0. The van der Waals surface area contributed by atoms with E-state index in [0.29, 0.717) is 13.1 Å². The van der Waals surface area contributed by atoms with E-state index in [9.17, 15) is 4.79 Å². The molecule has 1 saturated heterocycles. The maximum atomic E-state index is 11.7. The van der Waals surface area contributed by atoms with Crippen LogP contribution in [0.3, 0.4) is 0 Å². The fourth-order valence-electron chi connectivity index (χ4n) is 1.69. The zero-order valence-electron chi connectivity index (χ0n) is 8.34. The summed E-state index contributed by atoms with van der Waals surface area (Å²) >= 11 is 3.39. The van der Waals surface area contributed by atoms with Crippen LogP contribution in [0.2, 0.25) is 0 Å². The average Bonchev–Trinajstić information content (AvgIpc) is 2.73. The Labute approximate surface area is 96.6 Å². The highest BCUT2D eigenvalue weighted by Crippen LogP contribution is 2.17. The first-order valence-corrected chi connectivity index (χ1v) is 5.94. The summed E-state index contributed by atoms with van der Waals surface area (Å²) in [6.45, 7) is 2.28. The standard InChI is InChI=1S/C9H13BrN4O/c10-8-2-1-3-13(9(8)15)4-5-14-7-11-6-12-14/h6-8H,1-5H2. The minimum absolute atomic E-state index is 0.00185. The topological polar surface area (TPSA) is 51.0 Å². The fraction of sp³-hybridized carbons (Fsp3) is 0.667. The van der Waals surface area contributed by atoms with E-state index in [1.54, 1.807) is 11.0 Å². The van der Waals surface area contributed by atoms with Gasteiger partial charge in [0.1, 0.15) is 12.7 Å². The highest BCUT2D eigenvalue weighted by molar-refractivity contribution is 9.10. The van der Waals surface area contributed by atoms with Gasteiger partial charge in [0.05, 0.1) is 11.4 Å². The lowest BCUT2D eigenvalue weighted by atomic mass is 10.1. The molecule has 0 saturated carbocycles. The lowest BCUT2D eigenvalue weighted by molar-refractivity contribution is -0.132. The highest BCUT2D eigenvalue weighted by Gasteiger charge is 2.25. The van der Waals surface area contributed by atoms with Gasteiger partial charge in [-0.05, 0) is 12.8 Å². The third-order valence-corrected chi connectivity index (χ3v) is 3.38. The van der Waals surface area contributed by atoms with E-state index in [1.165, 1.54) is 6.33 Å². The van der Waals surface area contributed by atoms with E-state index >= 15 is 0 Å². The van der Waals surface area contributed by atoms with Gasteiger partial charge < -0.3 is 4.90 Å². The molecule has 2 rings (SSSR count). The Morgan fingerprint density at radius 3 is 3.13 bits per heavy atom. The molecule has 2 heterocycles. The smallest absolute Gasteiger partial charge is 0.236 e. The first-order chi connectivity index (χ1) is 7.27. The third-order valence-electron chi connectivity index (χ3n) is 2.53. The second-order valence-corrected chi connectivity index (χ2v) is 4.70. The largest absolute Gasteiger partial charge is 0.340 e. The molecule has 0 aliphatic carbocycles. The minimum atomic E-state index is 0.00185. The number of alkyl halides is 1. The summed E-state index contributed by atoms with van der Waals surface area (Å²) in [6, 6.07) is 0. The second-order valence-electron chi connectivity index (χ2n) is 3.59. The van der Waals surface area contributed by atoms with E-state index in [2.05, 4.69) is 26.0 Å². The summed E-state index contributed by atoms with van der Waals surface area (Å²) in [4.78, 5) is 17.5. The third kappa shape index (κ3) is 2.56. The van der Waals surface area contributed by atoms with Crippen LogP contribution in [0.15, 0.2) is 12.7 Å². The van der Waals surface area contributed by atoms with Crippen LogP contribution in [-0.2, 0) is 11.3 Å². The molecule has 15 heavy (non-hydrogen) atoms. The van der Waals surface area contributed by atoms with Gasteiger partial charge in [0.25, 0.3) is 0 Å². The lowest BCUT2D eigenvalue weighted by Gasteiger charge is -2.29. The average molecular weight is 273 g/mol. The quantitative estimate of drug-likeness (QED) is 0.760. The predicted molar refractivity (Wildman–Crippen MR) is 58.6 cm³/mol. The summed E-state index contributed by atoms with van der Waals surface area (Å²) in [5.74, 6) is 0.196. The van der Waals surface area contributed by atoms with E-state index in [1.807, 2.05) is 4.90 Å². The monoisotopic (exact) mass is 272 g/mol. The Balaban J connectivity index is 1.86. The second kappa shape index (κ2) is 4.74. The van der Waals surface area contributed by atoms with Crippen molar-refractivity contribution in [3.63, 3.8) is 0 Å². The van der Waals surface area contributed by atoms with Crippen LogP contribution >= 0.6 is 15.9 Å². The molecule has 0 aromatic carbocycles. The van der Waals surface area contributed by atoms with Crippen LogP contribution in [0.5, 0.6) is 0 Å². The van der Waals surface area contributed by atoms with Crippen LogP contribution in [0, 0.1) is 0 Å². The number of carbonyl (C=O) groups excluding carboxylic acids is 1. The van der Waals surface area contributed by atoms with E-state index in [-0.39, 0.29) is 10.7 Å². The van der Waals surface area contributed by atoms with E-state index < -0.39 is 0 Å². The molecular weight excluding hydrogens is 260 g/mol. The van der Waals surface area contributed by atoms with Crippen molar-refractivity contribution in [2.75, 3.05) is 13.1 Å². The molecule has 82 valence electrons. The fourth-order valence-corrected chi connectivity index (χ4v) is 2.30. The summed E-state index contributed by atoms with van der Waals surface area (Å²) in [6.07, 6.45) is 5.18. The van der Waals surface area contributed by atoms with Crippen LogP contribution in [0.25, 0.3) is 0 Å². The molecular formula is C9H13BrN4O. The van der Waals surface area contributed by atoms with Crippen LogP contribution in [0.4, 0.5) is 0 Å². The summed E-state index contributed by atoms with van der Waals surface area (Å²) in [5.41, 5.74) is 0. The molecule has 0 spiro atoms. The van der Waals surface area contributed by atoms with Crippen molar-refractivity contribution >= 4 is 21.8 Å². The summed E-state index contributed by atoms with van der Waals surface area (Å²) < 4.78 is 1.74. The van der Waals surface area contributed by atoms with Gasteiger partial charge in [-0.3, -0.25) is 9.48 Å². The Hall–Kier alpha value is -0.910. The van der Waals surface area contributed by atoms with Gasteiger partial charge in [0, 0.05) is 13.1 Å². The van der Waals surface area contributed by atoms with Crippen LogP contribution in [-0.4, -0.2) is 43.5 Å². The molecule has 1 aromatic heterocycles. The van der Waals surface area contributed by atoms with Crippen molar-refractivity contribution in [3.05, 3.63) is 12.7 Å². The summed E-state index contributed by atoms with van der Waals surface area (Å²) in [7, 11) is 0. The van der Waals surface area contributed by atoms with Gasteiger partial charge in [0.2, 0.25) is 5.91 Å². The van der Waals surface area contributed by atoms with Gasteiger partial charge in [-0.2, -0.15) is 5.10 Å². The normalized spacial score (nSPS) is 22.1. The Bertz CT molecular complexity index is 327. The molecule has 0 bridgehead atoms. The maximum Gasteiger partial charge on any atom is 0.236 e. The van der Waals surface area contributed by atoms with Crippen molar-refractivity contribution in [1.82, 2.24) is 19.7 Å². The number of halogens is 1. The molecule has 1 fully saturated rings. The molecule has 1 aliphatic rings. The SMILES string of the molecule is O=C1C(Br)CCCN1CCn1cncn1. The van der Waals surface area contributed by atoms with Gasteiger partial charge in [-0.15, -0.1) is 0 Å². The molecule has 6 heteroatoms. The summed E-state index contributed by atoms with van der Waals surface area (Å²) in [5, 5.41) is 4.00. The zero-order chi connectivity index (χ0) is 10.7. The number of piperidine rings is 1. The van der Waals surface area contributed by atoms with Crippen molar-refractivity contribution in [1.29, 1.82) is 0 Å². The first kappa shape index (κ1) is 10.6. The Morgan fingerprint density at radius 1 is 1.53 bits per heavy atom. The van der Waals surface area contributed by atoms with Crippen molar-refractivity contribution in [2.45, 2.75) is 24.2 Å². The zero-order valence-corrected chi connectivity index (χ0v) is 9.93. The van der Waals surface area contributed by atoms with E-state index in [0.717, 1.165) is 19.4 Å². The van der Waals surface area contributed by atoms with Crippen LogP contribution in [0.1, 0.15) is 12.8 Å². The molecule has 1 unspecified atom stereocenters. The first-order valence-electron chi connectivity index (χ1n) is 5.02. The molecule has 1 aliphatic heterocycles. The number of nitrogens with zero attached hydrogens (tertiary/aromatic N) is 4. The minimum Gasteiger partial charge on any atom is -0.340 e. The number of amides is 1. The lowest BCUT2D eigenvalue weighted by Crippen LogP contribution is -2.43. The molecule has 5 nitrogen and oxygen atoms in total. The van der Waals surface area contributed by atoms with Crippen molar-refractivity contribution < 1.29 is 4.79 Å².